The molecule has 1 fully saturated rings. The van der Waals surface area contributed by atoms with Gasteiger partial charge in [-0.2, -0.15) is 0 Å². The van der Waals surface area contributed by atoms with Crippen molar-refractivity contribution in [1.29, 1.82) is 0 Å². The molecule has 3 N–H and O–H groups in total. The van der Waals surface area contributed by atoms with Gasteiger partial charge in [0.2, 0.25) is 11.8 Å². The second-order valence-electron chi connectivity index (χ2n) is 9.13. The van der Waals surface area contributed by atoms with E-state index in [1.165, 1.54) is 0 Å². The lowest BCUT2D eigenvalue weighted by Gasteiger charge is -2.19. The number of fused-ring (bicyclic) bond motifs is 1. The summed E-state index contributed by atoms with van der Waals surface area (Å²) in [4.78, 5) is 30.3. The van der Waals surface area contributed by atoms with Gasteiger partial charge in [0.05, 0.1) is 16.8 Å². The minimum atomic E-state index is -1.07. The fraction of sp³-hybridized carbons (Fsp3) is 0.207. The average Bonchev–Trinajstić information content (AvgIpc) is 3.68. The largest absolute Gasteiger partial charge is 0.489 e. The summed E-state index contributed by atoms with van der Waals surface area (Å²) >= 11 is 0. The Balaban J connectivity index is 1.38. The number of nitrogens with one attached hydrogen (secondary N) is 2. The van der Waals surface area contributed by atoms with E-state index in [0.717, 1.165) is 27.7 Å². The molecule has 5 rings (SSSR count). The summed E-state index contributed by atoms with van der Waals surface area (Å²) in [7, 11) is 0. The predicted molar refractivity (Wildman–Crippen MR) is 135 cm³/mol. The van der Waals surface area contributed by atoms with Gasteiger partial charge in [-0.05, 0) is 48.7 Å². The van der Waals surface area contributed by atoms with Crippen molar-refractivity contribution in [2.45, 2.75) is 31.9 Å². The third kappa shape index (κ3) is 4.53. The van der Waals surface area contributed by atoms with Crippen LogP contribution < -0.4 is 15.5 Å². The van der Waals surface area contributed by atoms with Crippen LogP contribution in [-0.4, -0.2) is 22.0 Å². The van der Waals surface area contributed by atoms with Crippen molar-refractivity contribution in [3.63, 3.8) is 0 Å². The molecule has 1 unspecified atom stereocenters. The van der Waals surface area contributed by atoms with Crippen LogP contribution in [0.1, 0.15) is 28.8 Å². The van der Waals surface area contributed by atoms with Gasteiger partial charge in [-0.15, -0.1) is 0 Å². The van der Waals surface area contributed by atoms with Crippen molar-refractivity contribution in [2.75, 3.05) is 0 Å². The minimum Gasteiger partial charge on any atom is -0.489 e. The van der Waals surface area contributed by atoms with E-state index in [9.17, 15) is 14.8 Å². The molecule has 36 heavy (non-hydrogen) atoms. The topological polar surface area (TPSA) is 101 Å². The Kier molecular flexibility index (Phi) is 6.40. The number of hydrogen-bond donors (Lipinski definition) is 3. The zero-order chi connectivity index (χ0) is 25.1. The number of carbonyl (C=O) groups excluding carboxylic acids is 2. The number of rotatable bonds is 8. The van der Waals surface area contributed by atoms with Gasteiger partial charge in [0.25, 0.3) is 0 Å². The first-order valence-electron chi connectivity index (χ1n) is 11.9. The summed E-state index contributed by atoms with van der Waals surface area (Å²) in [6, 6.07) is 26.8. The number of hydroxylamine groups is 1. The Labute approximate surface area is 209 Å². The zero-order valence-corrected chi connectivity index (χ0v) is 19.9. The molecule has 1 saturated carbocycles. The van der Waals surface area contributed by atoms with E-state index in [2.05, 4.69) is 10.3 Å². The summed E-state index contributed by atoms with van der Waals surface area (Å²) in [6.07, 6.45) is 0.303. The number of aryl methyl sites for hydroxylation is 1. The lowest BCUT2D eigenvalue weighted by atomic mass is 9.91. The third-order valence-electron chi connectivity index (χ3n) is 6.76. The fourth-order valence-corrected chi connectivity index (χ4v) is 4.83. The summed E-state index contributed by atoms with van der Waals surface area (Å²) in [5.74, 6) is -0.903. The molecule has 7 heteroatoms. The monoisotopic (exact) mass is 481 g/mol. The van der Waals surface area contributed by atoms with Crippen LogP contribution in [0.4, 0.5) is 0 Å². The van der Waals surface area contributed by atoms with Crippen LogP contribution in [0, 0.1) is 12.8 Å². The van der Waals surface area contributed by atoms with Crippen molar-refractivity contribution in [3.8, 4) is 5.75 Å². The van der Waals surface area contributed by atoms with Crippen LogP contribution in [0.3, 0.4) is 0 Å². The molecule has 2 atom stereocenters. The predicted octanol–water partition coefficient (Wildman–Crippen LogP) is 4.20. The number of hydrogen-bond acceptors (Lipinski definition) is 5. The molecule has 1 heterocycles. The highest BCUT2D eigenvalue weighted by Gasteiger charge is 2.64. The number of nitrogens with zero attached hydrogens (tertiary/aromatic N) is 1. The van der Waals surface area contributed by atoms with Gasteiger partial charge in [-0.3, -0.25) is 19.8 Å². The average molecular weight is 482 g/mol. The Morgan fingerprint density at radius 1 is 1.03 bits per heavy atom. The molecular weight excluding hydrogens is 454 g/mol. The van der Waals surface area contributed by atoms with Gasteiger partial charge >= 0.3 is 0 Å². The summed E-state index contributed by atoms with van der Waals surface area (Å²) in [5, 5.41) is 13.2. The summed E-state index contributed by atoms with van der Waals surface area (Å²) in [5.41, 5.74) is 5.11. The van der Waals surface area contributed by atoms with Gasteiger partial charge in [-0.25, -0.2) is 5.48 Å². The minimum absolute atomic E-state index is 0.257. The fourth-order valence-electron chi connectivity index (χ4n) is 4.83. The number of pyridine rings is 1. The van der Waals surface area contributed by atoms with Crippen LogP contribution >= 0.6 is 0 Å². The van der Waals surface area contributed by atoms with E-state index in [4.69, 9.17) is 4.74 Å². The first kappa shape index (κ1) is 23.5. The van der Waals surface area contributed by atoms with Gasteiger partial charge in [0, 0.05) is 23.2 Å². The highest BCUT2D eigenvalue weighted by molar-refractivity contribution is 6.00. The number of aromatic nitrogens is 1. The first-order valence-corrected chi connectivity index (χ1v) is 11.9. The lowest BCUT2D eigenvalue weighted by molar-refractivity contribution is -0.133. The molecule has 0 bridgehead atoms. The van der Waals surface area contributed by atoms with Crippen LogP contribution in [0.25, 0.3) is 10.9 Å². The first-order chi connectivity index (χ1) is 17.5. The van der Waals surface area contributed by atoms with Crippen LogP contribution in [0.15, 0.2) is 84.9 Å². The van der Waals surface area contributed by atoms with Crippen LogP contribution in [0.5, 0.6) is 5.75 Å². The van der Waals surface area contributed by atoms with E-state index in [1.807, 2.05) is 91.9 Å². The maximum Gasteiger partial charge on any atom is 0.247 e. The van der Waals surface area contributed by atoms with E-state index < -0.39 is 17.2 Å². The standard InChI is InChI=1S/C29H27N3O4/c1-19-14-21(24-12-5-6-13-26(24)31-19)18-36-23-11-7-10-22(15-23)29(16-25(29)27(33)32-35)28(34)30-17-20-8-3-2-4-9-20/h2-15,25,35H,16-18H2,1H3,(H,30,34)(H,32,33)/t25?,29-/m0/s1. The van der Waals surface area contributed by atoms with Crippen molar-refractivity contribution >= 4 is 22.7 Å². The highest BCUT2D eigenvalue weighted by Crippen LogP contribution is 2.55. The molecule has 182 valence electrons. The summed E-state index contributed by atoms with van der Waals surface area (Å²) < 4.78 is 6.14. The van der Waals surface area contributed by atoms with E-state index >= 15 is 0 Å². The van der Waals surface area contributed by atoms with E-state index in [0.29, 0.717) is 30.9 Å². The number of ether oxygens (including phenoxy) is 1. The van der Waals surface area contributed by atoms with Crippen molar-refractivity contribution in [3.05, 3.63) is 107 Å². The molecule has 7 nitrogen and oxygen atoms in total. The SMILES string of the molecule is Cc1cc(COc2cccc([C@@]3(C(=O)NCc4ccccc4)CC3C(=O)NO)c2)c2ccccc2n1. The number of para-hydroxylation sites is 1. The van der Waals surface area contributed by atoms with Crippen LogP contribution in [0.2, 0.25) is 0 Å². The molecule has 1 aliphatic carbocycles. The maximum atomic E-state index is 13.4. The summed E-state index contributed by atoms with van der Waals surface area (Å²) in [6.45, 7) is 2.63. The molecule has 3 aromatic carbocycles. The Morgan fingerprint density at radius 2 is 1.81 bits per heavy atom. The molecule has 0 radical (unpaired) electrons. The van der Waals surface area contributed by atoms with Gasteiger partial charge in [-0.1, -0.05) is 60.7 Å². The quantitative estimate of drug-likeness (QED) is 0.259. The second-order valence-corrected chi connectivity index (χ2v) is 9.13. The van der Waals surface area contributed by atoms with Gasteiger partial charge in [0.15, 0.2) is 0 Å². The Bertz CT molecular complexity index is 1420. The Hall–Kier alpha value is -4.23. The zero-order valence-electron chi connectivity index (χ0n) is 19.9. The van der Waals surface area contributed by atoms with Crippen molar-refractivity contribution < 1.29 is 19.5 Å². The maximum absolute atomic E-state index is 13.4. The second kappa shape index (κ2) is 9.79. The van der Waals surface area contributed by atoms with E-state index in [1.54, 1.807) is 5.48 Å². The highest BCUT2D eigenvalue weighted by atomic mass is 16.5. The van der Waals surface area contributed by atoms with Gasteiger partial charge in [0.1, 0.15) is 12.4 Å². The lowest BCUT2D eigenvalue weighted by Crippen LogP contribution is -2.38. The molecule has 0 saturated heterocycles. The number of carbonyl (C=O) groups is 2. The molecule has 1 aliphatic rings. The van der Waals surface area contributed by atoms with Gasteiger partial charge < -0.3 is 10.1 Å². The normalized spacial score (nSPS) is 18.4. The van der Waals surface area contributed by atoms with Crippen molar-refractivity contribution in [2.24, 2.45) is 5.92 Å². The molecular formula is C29H27N3O4. The smallest absolute Gasteiger partial charge is 0.247 e. The molecule has 4 aromatic rings. The molecule has 0 aliphatic heterocycles. The van der Waals surface area contributed by atoms with E-state index in [-0.39, 0.29) is 5.91 Å². The third-order valence-corrected chi connectivity index (χ3v) is 6.76. The Morgan fingerprint density at radius 3 is 2.61 bits per heavy atom. The number of amides is 2. The number of benzene rings is 3. The van der Waals surface area contributed by atoms with Crippen molar-refractivity contribution in [1.82, 2.24) is 15.8 Å². The van der Waals surface area contributed by atoms with Crippen LogP contribution in [-0.2, 0) is 28.2 Å². The molecule has 0 spiro atoms. The molecule has 2 amide bonds. The molecule has 1 aromatic heterocycles.